The fourth-order valence-electron chi connectivity index (χ4n) is 2.75. The largest absolute Gasteiger partial charge is 0.439 e. The van der Waals surface area contributed by atoms with Gasteiger partial charge in [0.05, 0.1) is 0 Å². The maximum Gasteiger partial charge on any atom is 0.258 e. The second-order valence-corrected chi connectivity index (χ2v) is 5.67. The lowest BCUT2D eigenvalue weighted by Gasteiger charge is -2.21. The lowest BCUT2D eigenvalue weighted by Crippen LogP contribution is -2.30. The Morgan fingerprint density at radius 3 is 2.20 bits per heavy atom. The van der Waals surface area contributed by atoms with Crippen molar-refractivity contribution in [1.82, 2.24) is 4.98 Å². The molecule has 4 heteroatoms. The van der Waals surface area contributed by atoms with E-state index in [4.69, 9.17) is 4.42 Å². The summed E-state index contributed by atoms with van der Waals surface area (Å²) >= 11 is 0. The Balaban J connectivity index is 1.71. The summed E-state index contributed by atoms with van der Waals surface area (Å²) in [6.07, 6.45) is 0. The second-order valence-electron chi connectivity index (χ2n) is 5.67. The van der Waals surface area contributed by atoms with Crippen LogP contribution < -0.4 is 4.90 Å². The maximum absolute atomic E-state index is 13.0. The summed E-state index contributed by atoms with van der Waals surface area (Å²) < 4.78 is 5.80. The summed E-state index contributed by atoms with van der Waals surface area (Å²) in [5.41, 5.74) is 2.94. The summed E-state index contributed by atoms with van der Waals surface area (Å²) in [4.78, 5) is 19.2. The molecule has 4 nitrogen and oxygen atoms in total. The molecule has 1 aromatic heterocycles. The average Bonchev–Trinajstić information content (AvgIpc) is 3.09. The predicted molar refractivity (Wildman–Crippen MR) is 97.4 cm³/mol. The molecule has 0 saturated heterocycles. The van der Waals surface area contributed by atoms with Crippen molar-refractivity contribution in [2.45, 2.75) is 6.54 Å². The summed E-state index contributed by atoms with van der Waals surface area (Å²) in [5, 5.41) is 0. The number of hydrogen-bond donors (Lipinski definition) is 0. The molecule has 4 aromatic rings. The average molecular weight is 328 g/mol. The molecule has 0 radical (unpaired) electrons. The number of carbonyl (C=O) groups excluding carboxylic acids is 1. The molecule has 0 aliphatic carbocycles. The predicted octanol–water partition coefficient (Wildman–Crippen LogP) is 4.67. The molecule has 0 spiro atoms. The number of amides is 1. The van der Waals surface area contributed by atoms with Gasteiger partial charge in [0, 0.05) is 11.3 Å². The summed E-state index contributed by atoms with van der Waals surface area (Å²) in [6.45, 7) is 0.270. The van der Waals surface area contributed by atoms with Gasteiger partial charge < -0.3 is 4.42 Å². The van der Waals surface area contributed by atoms with Gasteiger partial charge in [-0.05, 0) is 36.4 Å². The molecule has 0 aliphatic rings. The van der Waals surface area contributed by atoms with E-state index in [2.05, 4.69) is 4.98 Å². The first kappa shape index (κ1) is 15.1. The number of nitrogens with zero attached hydrogens (tertiary/aromatic N) is 2. The highest BCUT2D eigenvalue weighted by Gasteiger charge is 2.20. The smallest absolute Gasteiger partial charge is 0.258 e. The van der Waals surface area contributed by atoms with Crippen molar-refractivity contribution in [2.24, 2.45) is 0 Å². The van der Waals surface area contributed by atoms with Gasteiger partial charge in [-0.2, -0.15) is 0 Å². The van der Waals surface area contributed by atoms with Crippen molar-refractivity contribution in [1.29, 1.82) is 0 Å². The van der Waals surface area contributed by atoms with E-state index in [9.17, 15) is 4.79 Å². The molecule has 0 aliphatic heterocycles. The standard InChI is InChI=1S/C21H16N2O2/c24-21(16-9-3-1-4-10-16)23(17-11-5-2-6-12-17)15-20-22-18-13-7-8-14-19(18)25-20/h1-14H,15H2. The van der Waals surface area contributed by atoms with Crippen molar-refractivity contribution < 1.29 is 9.21 Å². The Morgan fingerprint density at radius 2 is 1.48 bits per heavy atom. The Labute approximate surface area is 145 Å². The van der Waals surface area contributed by atoms with E-state index in [1.807, 2.05) is 84.9 Å². The third kappa shape index (κ3) is 3.15. The van der Waals surface area contributed by atoms with Crippen LogP contribution in [-0.4, -0.2) is 10.9 Å². The lowest BCUT2D eigenvalue weighted by atomic mass is 10.2. The minimum absolute atomic E-state index is 0.0888. The van der Waals surface area contributed by atoms with Crippen molar-refractivity contribution in [3.05, 3.63) is 96.4 Å². The van der Waals surface area contributed by atoms with Crippen LogP contribution in [0.25, 0.3) is 11.1 Å². The molecular formula is C21H16N2O2. The van der Waals surface area contributed by atoms with E-state index < -0.39 is 0 Å². The van der Waals surface area contributed by atoms with Gasteiger partial charge in [0.25, 0.3) is 5.91 Å². The van der Waals surface area contributed by atoms with E-state index >= 15 is 0 Å². The minimum atomic E-state index is -0.0888. The fraction of sp³-hybridized carbons (Fsp3) is 0.0476. The van der Waals surface area contributed by atoms with Crippen LogP contribution in [-0.2, 0) is 6.54 Å². The van der Waals surface area contributed by atoms with E-state index in [-0.39, 0.29) is 12.5 Å². The van der Waals surface area contributed by atoms with E-state index in [0.29, 0.717) is 11.5 Å². The van der Waals surface area contributed by atoms with Crippen molar-refractivity contribution in [3.63, 3.8) is 0 Å². The zero-order valence-corrected chi connectivity index (χ0v) is 13.5. The van der Waals surface area contributed by atoms with Crippen LogP contribution in [0.5, 0.6) is 0 Å². The van der Waals surface area contributed by atoms with E-state index in [1.54, 1.807) is 4.90 Å². The van der Waals surface area contributed by atoms with Gasteiger partial charge in [0.15, 0.2) is 5.58 Å². The number of rotatable bonds is 4. The highest BCUT2D eigenvalue weighted by molar-refractivity contribution is 6.05. The van der Waals surface area contributed by atoms with Crippen LogP contribution in [0.15, 0.2) is 89.3 Å². The number of benzene rings is 3. The van der Waals surface area contributed by atoms with E-state index in [1.165, 1.54) is 0 Å². The first-order valence-electron chi connectivity index (χ1n) is 8.08. The zero-order chi connectivity index (χ0) is 17.1. The molecule has 0 unspecified atom stereocenters. The normalized spacial score (nSPS) is 10.7. The van der Waals surface area contributed by atoms with Crippen LogP contribution in [0, 0.1) is 0 Å². The maximum atomic E-state index is 13.0. The molecule has 0 fully saturated rings. The Kier molecular flexibility index (Phi) is 4.01. The Bertz CT molecular complexity index is 961. The third-order valence-corrected chi connectivity index (χ3v) is 3.97. The monoisotopic (exact) mass is 328 g/mol. The Morgan fingerprint density at radius 1 is 0.840 bits per heavy atom. The van der Waals surface area contributed by atoms with Crippen LogP contribution in [0.2, 0.25) is 0 Å². The number of fused-ring (bicyclic) bond motifs is 1. The van der Waals surface area contributed by atoms with Gasteiger partial charge in [-0.15, -0.1) is 0 Å². The van der Waals surface area contributed by atoms with Crippen LogP contribution >= 0.6 is 0 Å². The van der Waals surface area contributed by atoms with Crippen LogP contribution in [0.4, 0.5) is 5.69 Å². The molecule has 122 valence electrons. The summed E-state index contributed by atoms with van der Waals surface area (Å²) in [7, 11) is 0. The second kappa shape index (κ2) is 6.61. The first-order valence-corrected chi connectivity index (χ1v) is 8.08. The molecular weight excluding hydrogens is 312 g/mol. The molecule has 4 rings (SSSR count). The SMILES string of the molecule is O=C(c1ccccc1)N(Cc1nc2ccccc2o1)c1ccccc1. The van der Waals surface area contributed by atoms with Gasteiger partial charge >= 0.3 is 0 Å². The Hall–Kier alpha value is -3.40. The first-order chi connectivity index (χ1) is 12.3. The molecule has 3 aromatic carbocycles. The zero-order valence-electron chi connectivity index (χ0n) is 13.5. The van der Waals surface area contributed by atoms with Gasteiger partial charge in [-0.25, -0.2) is 4.98 Å². The number of aromatic nitrogens is 1. The summed E-state index contributed by atoms with van der Waals surface area (Å²) in [6, 6.07) is 26.4. The number of oxazole rings is 1. The van der Waals surface area contributed by atoms with Crippen molar-refractivity contribution in [3.8, 4) is 0 Å². The molecule has 0 N–H and O–H groups in total. The number of para-hydroxylation sites is 3. The molecule has 0 bridgehead atoms. The quantitative estimate of drug-likeness (QED) is 0.547. The molecule has 0 atom stereocenters. The van der Waals surface area contributed by atoms with Gasteiger partial charge in [0.2, 0.25) is 5.89 Å². The van der Waals surface area contributed by atoms with Crippen molar-refractivity contribution >= 4 is 22.7 Å². The molecule has 25 heavy (non-hydrogen) atoms. The van der Waals surface area contributed by atoms with Crippen LogP contribution in [0.1, 0.15) is 16.2 Å². The highest BCUT2D eigenvalue weighted by atomic mass is 16.3. The summed E-state index contributed by atoms with van der Waals surface area (Å²) in [5.74, 6) is 0.420. The third-order valence-electron chi connectivity index (χ3n) is 3.97. The van der Waals surface area contributed by atoms with Gasteiger partial charge in [-0.1, -0.05) is 48.5 Å². The molecule has 1 heterocycles. The topological polar surface area (TPSA) is 46.3 Å². The van der Waals surface area contributed by atoms with E-state index in [0.717, 1.165) is 16.8 Å². The fourth-order valence-corrected chi connectivity index (χ4v) is 2.75. The molecule has 1 amide bonds. The number of carbonyl (C=O) groups is 1. The molecule has 0 saturated carbocycles. The van der Waals surface area contributed by atoms with Crippen LogP contribution in [0.3, 0.4) is 0 Å². The minimum Gasteiger partial charge on any atom is -0.439 e. The number of hydrogen-bond acceptors (Lipinski definition) is 3. The lowest BCUT2D eigenvalue weighted by molar-refractivity contribution is 0.0983. The highest BCUT2D eigenvalue weighted by Crippen LogP contribution is 2.22. The van der Waals surface area contributed by atoms with Gasteiger partial charge in [0.1, 0.15) is 12.1 Å². The van der Waals surface area contributed by atoms with Gasteiger partial charge in [-0.3, -0.25) is 9.69 Å². The van der Waals surface area contributed by atoms with Crippen molar-refractivity contribution in [2.75, 3.05) is 4.90 Å². The number of anilines is 1.